The van der Waals surface area contributed by atoms with E-state index in [1.54, 1.807) is 12.0 Å². The van der Waals surface area contributed by atoms with Gasteiger partial charge in [-0.15, -0.1) is 0 Å². The number of hydrogen-bond donors (Lipinski definition) is 1. The maximum absolute atomic E-state index is 11.8. The fourth-order valence-electron chi connectivity index (χ4n) is 1.78. The number of nitrogens with zero attached hydrogens (tertiary/aromatic N) is 1. The van der Waals surface area contributed by atoms with Crippen molar-refractivity contribution in [2.45, 2.75) is 12.8 Å². The van der Waals surface area contributed by atoms with Gasteiger partial charge in [0.1, 0.15) is 5.75 Å². The van der Waals surface area contributed by atoms with Gasteiger partial charge in [-0.1, -0.05) is 15.9 Å². The van der Waals surface area contributed by atoms with Gasteiger partial charge >= 0.3 is 0 Å². The van der Waals surface area contributed by atoms with Crippen LogP contribution in [0, 0.1) is 0 Å². The number of carbonyl (C=O) groups is 1. The van der Waals surface area contributed by atoms with E-state index in [1.165, 1.54) is 0 Å². The zero-order chi connectivity index (χ0) is 14.3. The Hall–Kier alpha value is -1.07. The molecule has 5 heteroatoms. The number of carbonyl (C=O) groups excluding carboxylic acids is 1. The minimum absolute atomic E-state index is 0.156. The van der Waals surface area contributed by atoms with E-state index in [0.29, 0.717) is 19.5 Å². The van der Waals surface area contributed by atoms with Crippen molar-refractivity contribution < 1.29 is 9.53 Å². The zero-order valence-corrected chi connectivity index (χ0v) is 13.3. The number of nitrogens with one attached hydrogen (secondary N) is 1. The lowest BCUT2D eigenvalue weighted by Gasteiger charge is -2.18. The van der Waals surface area contributed by atoms with E-state index >= 15 is 0 Å². The largest absolute Gasteiger partial charge is 0.496 e. The van der Waals surface area contributed by atoms with Crippen LogP contribution in [0.25, 0.3) is 0 Å². The number of benzene rings is 1. The summed E-state index contributed by atoms with van der Waals surface area (Å²) in [5.74, 6) is 1.02. The molecule has 4 nitrogen and oxygen atoms in total. The molecule has 0 bridgehead atoms. The molecule has 1 aromatic carbocycles. The maximum atomic E-state index is 11.8. The van der Waals surface area contributed by atoms with Gasteiger partial charge in [0, 0.05) is 31.0 Å². The first-order chi connectivity index (χ1) is 9.08. The lowest BCUT2D eigenvalue weighted by molar-refractivity contribution is -0.129. The Bertz CT molecular complexity index is 424. The van der Waals surface area contributed by atoms with E-state index in [9.17, 15) is 4.79 Å². The van der Waals surface area contributed by atoms with Gasteiger partial charge in [-0.05, 0) is 37.2 Å². The van der Waals surface area contributed by atoms with Crippen LogP contribution in [0.4, 0.5) is 0 Å². The van der Waals surface area contributed by atoms with Crippen LogP contribution in [0.3, 0.4) is 0 Å². The van der Waals surface area contributed by atoms with Crippen LogP contribution >= 0.6 is 15.9 Å². The molecular formula is C14H21BrN2O2. The quantitative estimate of drug-likeness (QED) is 0.833. The van der Waals surface area contributed by atoms with Gasteiger partial charge in [-0.3, -0.25) is 4.79 Å². The summed E-state index contributed by atoms with van der Waals surface area (Å²) in [7, 11) is 5.34. The predicted molar refractivity (Wildman–Crippen MR) is 80.6 cm³/mol. The van der Waals surface area contributed by atoms with Crippen LogP contribution in [0.1, 0.15) is 12.0 Å². The number of methoxy groups -OCH3 is 1. The van der Waals surface area contributed by atoms with Gasteiger partial charge in [-0.25, -0.2) is 0 Å². The molecular weight excluding hydrogens is 308 g/mol. The molecule has 0 radical (unpaired) electrons. The molecule has 0 aliphatic carbocycles. The molecule has 0 heterocycles. The highest BCUT2D eigenvalue weighted by Gasteiger charge is 2.10. The van der Waals surface area contributed by atoms with Crippen LogP contribution < -0.4 is 10.1 Å². The van der Waals surface area contributed by atoms with E-state index in [0.717, 1.165) is 22.2 Å². The van der Waals surface area contributed by atoms with E-state index in [1.807, 2.05) is 32.3 Å². The molecule has 1 aromatic rings. The number of hydrogen-bond acceptors (Lipinski definition) is 3. The highest BCUT2D eigenvalue weighted by molar-refractivity contribution is 9.10. The third-order valence-corrected chi connectivity index (χ3v) is 3.47. The SMILES string of the molecule is CNCCC(=O)N(C)CCc1cc(Br)ccc1OC. The summed E-state index contributed by atoms with van der Waals surface area (Å²) in [6, 6.07) is 5.91. The maximum Gasteiger partial charge on any atom is 0.223 e. The molecule has 0 saturated carbocycles. The second-order valence-electron chi connectivity index (χ2n) is 4.38. The first kappa shape index (κ1) is 16.0. The second kappa shape index (κ2) is 8.17. The first-order valence-electron chi connectivity index (χ1n) is 6.29. The minimum Gasteiger partial charge on any atom is -0.496 e. The third kappa shape index (κ3) is 5.20. The van der Waals surface area contributed by atoms with Gasteiger partial charge < -0.3 is 15.0 Å². The molecule has 0 fully saturated rings. The molecule has 0 spiro atoms. The summed E-state index contributed by atoms with van der Waals surface area (Å²) in [6.07, 6.45) is 1.31. The van der Waals surface area contributed by atoms with Crippen molar-refractivity contribution in [3.8, 4) is 5.75 Å². The van der Waals surface area contributed by atoms with Crippen molar-refractivity contribution in [2.24, 2.45) is 0 Å². The second-order valence-corrected chi connectivity index (χ2v) is 5.29. The van der Waals surface area contributed by atoms with Crippen LogP contribution in [0.15, 0.2) is 22.7 Å². The average Bonchev–Trinajstić information content (AvgIpc) is 2.42. The number of likely N-dealkylation sites (N-methyl/N-ethyl adjacent to an activating group) is 1. The monoisotopic (exact) mass is 328 g/mol. The summed E-state index contributed by atoms with van der Waals surface area (Å²) in [4.78, 5) is 13.6. The van der Waals surface area contributed by atoms with Gasteiger partial charge in [0.15, 0.2) is 0 Å². The Morgan fingerprint density at radius 2 is 2.21 bits per heavy atom. The molecule has 106 valence electrons. The Labute approximate surface area is 123 Å². The minimum atomic E-state index is 0.156. The normalized spacial score (nSPS) is 10.3. The number of amides is 1. The topological polar surface area (TPSA) is 41.6 Å². The molecule has 0 atom stereocenters. The molecule has 19 heavy (non-hydrogen) atoms. The van der Waals surface area contributed by atoms with Crippen molar-refractivity contribution in [3.05, 3.63) is 28.2 Å². The lowest BCUT2D eigenvalue weighted by Crippen LogP contribution is -2.30. The fraction of sp³-hybridized carbons (Fsp3) is 0.500. The fourth-order valence-corrected chi connectivity index (χ4v) is 2.19. The summed E-state index contributed by atoms with van der Waals surface area (Å²) in [6.45, 7) is 1.40. The predicted octanol–water partition coefficient (Wildman–Crippen LogP) is 2.07. The van der Waals surface area contributed by atoms with Gasteiger partial charge in [-0.2, -0.15) is 0 Å². The van der Waals surface area contributed by atoms with Crippen LogP contribution in [0.5, 0.6) is 5.75 Å². The number of ether oxygens (including phenoxy) is 1. The molecule has 0 aliphatic rings. The van der Waals surface area contributed by atoms with Crippen molar-refractivity contribution in [1.82, 2.24) is 10.2 Å². The molecule has 0 aliphatic heterocycles. The molecule has 1 rings (SSSR count). The lowest BCUT2D eigenvalue weighted by atomic mass is 10.1. The van der Waals surface area contributed by atoms with Crippen molar-refractivity contribution in [3.63, 3.8) is 0 Å². The smallest absolute Gasteiger partial charge is 0.223 e. The van der Waals surface area contributed by atoms with Crippen LogP contribution in [0.2, 0.25) is 0 Å². The van der Waals surface area contributed by atoms with E-state index in [-0.39, 0.29) is 5.91 Å². The molecule has 1 N–H and O–H groups in total. The molecule has 0 aromatic heterocycles. The van der Waals surface area contributed by atoms with E-state index in [2.05, 4.69) is 21.2 Å². The average molecular weight is 329 g/mol. The first-order valence-corrected chi connectivity index (χ1v) is 7.08. The summed E-state index contributed by atoms with van der Waals surface area (Å²) in [5, 5.41) is 2.98. The van der Waals surface area contributed by atoms with Crippen molar-refractivity contribution in [1.29, 1.82) is 0 Å². The third-order valence-electron chi connectivity index (χ3n) is 2.97. The standard InChI is InChI=1S/C14H21BrN2O2/c1-16-8-6-14(18)17(2)9-7-11-10-12(15)4-5-13(11)19-3/h4-5,10,16H,6-9H2,1-3H3. The Kier molecular flexibility index (Phi) is 6.87. The van der Waals surface area contributed by atoms with Crippen LogP contribution in [-0.4, -0.2) is 45.1 Å². The molecule has 0 unspecified atom stereocenters. The number of halogens is 1. The van der Waals surface area contributed by atoms with Crippen molar-refractivity contribution >= 4 is 21.8 Å². The summed E-state index contributed by atoms with van der Waals surface area (Å²) >= 11 is 3.45. The number of rotatable bonds is 7. The van der Waals surface area contributed by atoms with E-state index in [4.69, 9.17) is 4.74 Å². The summed E-state index contributed by atoms with van der Waals surface area (Å²) in [5.41, 5.74) is 1.10. The molecule has 1 amide bonds. The highest BCUT2D eigenvalue weighted by Crippen LogP contribution is 2.23. The Morgan fingerprint density at radius 3 is 2.84 bits per heavy atom. The molecule has 0 saturated heterocycles. The van der Waals surface area contributed by atoms with Gasteiger partial charge in [0.05, 0.1) is 7.11 Å². The van der Waals surface area contributed by atoms with Gasteiger partial charge in [0.25, 0.3) is 0 Å². The zero-order valence-electron chi connectivity index (χ0n) is 11.7. The van der Waals surface area contributed by atoms with Crippen molar-refractivity contribution in [2.75, 3.05) is 34.3 Å². The Morgan fingerprint density at radius 1 is 1.47 bits per heavy atom. The van der Waals surface area contributed by atoms with Crippen LogP contribution in [-0.2, 0) is 11.2 Å². The van der Waals surface area contributed by atoms with Gasteiger partial charge in [0.2, 0.25) is 5.91 Å². The summed E-state index contributed by atoms with van der Waals surface area (Å²) < 4.78 is 6.34. The van der Waals surface area contributed by atoms with E-state index < -0.39 is 0 Å². The highest BCUT2D eigenvalue weighted by atomic mass is 79.9. The Balaban J connectivity index is 2.56.